The van der Waals surface area contributed by atoms with Crippen LogP contribution in [0.15, 0.2) is 0 Å². The zero-order valence-corrected chi connectivity index (χ0v) is 14.1. The Morgan fingerprint density at radius 1 is 1.41 bits per heavy atom. The predicted molar refractivity (Wildman–Crippen MR) is 85.0 cm³/mol. The number of ketones is 1. The molecule has 4 N–H and O–H groups in total. The van der Waals surface area contributed by atoms with Gasteiger partial charge in [-0.05, 0) is 39.7 Å². The maximum atomic E-state index is 12.4. The highest BCUT2D eigenvalue weighted by molar-refractivity contribution is 7.16. The molecule has 1 aromatic heterocycles. The number of nitrogen functional groups attached to an aromatic ring is 1. The Labute approximate surface area is 133 Å². The summed E-state index contributed by atoms with van der Waals surface area (Å²) in [5.41, 5.74) is 12.5. The second kappa shape index (κ2) is 5.98. The minimum atomic E-state index is -0.761. The Hall–Kier alpha value is -1.44. The van der Waals surface area contributed by atoms with Crippen molar-refractivity contribution >= 4 is 28.1 Å². The first kappa shape index (κ1) is 16.9. The molecular formula is C15H22N2O4S. The summed E-state index contributed by atoms with van der Waals surface area (Å²) in [6, 6.07) is -0.761. The Balaban J connectivity index is 2.40. The van der Waals surface area contributed by atoms with Crippen molar-refractivity contribution in [2.24, 2.45) is 5.73 Å². The maximum Gasteiger partial charge on any atom is 0.341 e. The summed E-state index contributed by atoms with van der Waals surface area (Å²) in [5, 5.41) is 0.380. The summed E-state index contributed by atoms with van der Waals surface area (Å²) >= 11 is 1.24. The van der Waals surface area contributed by atoms with E-state index in [0.717, 1.165) is 10.4 Å². The van der Waals surface area contributed by atoms with E-state index in [1.54, 1.807) is 20.8 Å². The first-order valence-electron chi connectivity index (χ1n) is 7.14. The van der Waals surface area contributed by atoms with Crippen molar-refractivity contribution in [1.29, 1.82) is 0 Å². The summed E-state index contributed by atoms with van der Waals surface area (Å²) in [4.78, 5) is 24.7. The summed E-state index contributed by atoms with van der Waals surface area (Å²) in [6.45, 7) is 7.23. The average molecular weight is 326 g/mol. The van der Waals surface area contributed by atoms with Gasteiger partial charge in [-0.15, -0.1) is 11.3 Å². The van der Waals surface area contributed by atoms with Gasteiger partial charge in [0.05, 0.1) is 18.2 Å². The number of carbonyl (C=O) groups excluding carboxylic acids is 2. The fraction of sp³-hybridized carbons (Fsp3) is 0.600. The number of thiophene rings is 1. The second-order valence-corrected chi connectivity index (χ2v) is 7.45. The molecule has 0 fully saturated rings. The van der Waals surface area contributed by atoms with Crippen molar-refractivity contribution in [2.75, 3.05) is 12.3 Å². The van der Waals surface area contributed by atoms with Crippen molar-refractivity contribution in [3.63, 3.8) is 0 Å². The van der Waals surface area contributed by atoms with Crippen molar-refractivity contribution in [3.05, 3.63) is 16.0 Å². The molecule has 0 radical (unpaired) electrons. The number of anilines is 1. The van der Waals surface area contributed by atoms with Crippen molar-refractivity contribution < 1.29 is 19.1 Å². The standard InChI is InChI=1S/C15H22N2O4S/c1-7(18)10(16)11-12-8(5-6-20-11)9(13(17)22-12)14(19)21-15(2,3)4/h10-11H,5-6,16-17H2,1-4H3. The Morgan fingerprint density at radius 3 is 2.59 bits per heavy atom. The Kier molecular flexibility index (Phi) is 4.60. The van der Waals surface area contributed by atoms with E-state index in [1.807, 2.05) is 0 Å². The van der Waals surface area contributed by atoms with Crippen LogP contribution in [0.3, 0.4) is 0 Å². The smallest absolute Gasteiger partial charge is 0.341 e. The third-order valence-corrected chi connectivity index (χ3v) is 4.49. The number of hydrogen-bond acceptors (Lipinski definition) is 7. The molecule has 0 amide bonds. The zero-order valence-electron chi connectivity index (χ0n) is 13.3. The topological polar surface area (TPSA) is 105 Å². The fourth-order valence-corrected chi connectivity index (χ4v) is 3.58. The van der Waals surface area contributed by atoms with Crippen LogP contribution >= 0.6 is 11.3 Å². The molecule has 1 aromatic rings. The first-order valence-corrected chi connectivity index (χ1v) is 7.95. The van der Waals surface area contributed by atoms with Gasteiger partial charge in [0.15, 0.2) is 0 Å². The van der Waals surface area contributed by atoms with E-state index in [2.05, 4.69) is 0 Å². The third-order valence-electron chi connectivity index (χ3n) is 3.37. The lowest BCUT2D eigenvalue weighted by Crippen LogP contribution is -2.38. The quantitative estimate of drug-likeness (QED) is 0.821. The van der Waals surface area contributed by atoms with E-state index in [0.29, 0.717) is 23.6 Å². The number of ether oxygens (including phenoxy) is 2. The van der Waals surface area contributed by atoms with Crippen molar-refractivity contribution in [2.45, 2.75) is 51.9 Å². The Bertz CT molecular complexity index is 603. The van der Waals surface area contributed by atoms with Gasteiger partial charge in [0, 0.05) is 4.88 Å². The molecule has 2 atom stereocenters. The van der Waals surface area contributed by atoms with E-state index in [-0.39, 0.29) is 5.78 Å². The van der Waals surface area contributed by atoms with Crippen LogP contribution in [0.4, 0.5) is 5.00 Å². The van der Waals surface area contributed by atoms with Gasteiger partial charge < -0.3 is 20.9 Å². The average Bonchev–Trinajstić information content (AvgIpc) is 2.71. The van der Waals surface area contributed by atoms with Crippen LogP contribution < -0.4 is 11.5 Å². The molecule has 22 heavy (non-hydrogen) atoms. The first-order chi connectivity index (χ1) is 10.1. The molecular weight excluding hydrogens is 304 g/mol. The molecule has 1 aliphatic rings. The molecule has 2 rings (SSSR count). The normalized spacial score (nSPS) is 19.4. The lowest BCUT2D eigenvalue weighted by Gasteiger charge is -2.27. The van der Waals surface area contributed by atoms with E-state index in [4.69, 9.17) is 20.9 Å². The number of esters is 1. The maximum absolute atomic E-state index is 12.4. The summed E-state index contributed by atoms with van der Waals surface area (Å²) in [5.74, 6) is -0.608. The third kappa shape index (κ3) is 3.31. The summed E-state index contributed by atoms with van der Waals surface area (Å²) in [6.07, 6.45) is 0.00313. The number of rotatable bonds is 3. The summed E-state index contributed by atoms with van der Waals surface area (Å²) in [7, 11) is 0. The Morgan fingerprint density at radius 2 is 2.05 bits per heavy atom. The van der Waals surface area contributed by atoms with Crippen LogP contribution in [0.5, 0.6) is 0 Å². The van der Waals surface area contributed by atoms with E-state index < -0.39 is 23.7 Å². The van der Waals surface area contributed by atoms with Crippen LogP contribution in [-0.2, 0) is 20.7 Å². The van der Waals surface area contributed by atoms with Crippen LogP contribution in [0.25, 0.3) is 0 Å². The zero-order chi connectivity index (χ0) is 16.7. The minimum Gasteiger partial charge on any atom is -0.456 e. The van der Waals surface area contributed by atoms with Crippen LogP contribution in [0.1, 0.15) is 54.6 Å². The molecule has 0 saturated carbocycles. The SMILES string of the molecule is CC(=O)C(N)C1OCCc2c1sc(N)c2C(=O)OC(C)(C)C. The largest absolute Gasteiger partial charge is 0.456 e. The van der Waals surface area contributed by atoms with E-state index >= 15 is 0 Å². The highest BCUT2D eigenvalue weighted by Gasteiger charge is 2.36. The van der Waals surface area contributed by atoms with Crippen LogP contribution in [0, 0.1) is 0 Å². The molecule has 0 spiro atoms. The van der Waals surface area contributed by atoms with Gasteiger partial charge in [-0.25, -0.2) is 4.79 Å². The predicted octanol–water partition coefficient (Wildman–Crippen LogP) is 1.82. The molecule has 2 unspecified atom stereocenters. The summed E-state index contributed by atoms with van der Waals surface area (Å²) < 4.78 is 11.1. The number of fused-ring (bicyclic) bond motifs is 1. The highest BCUT2D eigenvalue weighted by Crippen LogP contribution is 2.41. The molecule has 0 aliphatic carbocycles. The van der Waals surface area contributed by atoms with Gasteiger partial charge >= 0.3 is 5.97 Å². The van der Waals surface area contributed by atoms with Crippen LogP contribution in [0.2, 0.25) is 0 Å². The monoisotopic (exact) mass is 326 g/mol. The van der Waals surface area contributed by atoms with Crippen molar-refractivity contribution in [3.8, 4) is 0 Å². The van der Waals surface area contributed by atoms with Gasteiger partial charge in [-0.2, -0.15) is 0 Å². The molecule has 0 aromatic carbocycles. The number of carbonyl (C=O) groups is 2. The minimum absolute atomic E-state index is 0.163. The lowest BCUT2D eigenvalue weighted by molar-refractivity contribution is -0.122. The molecule has 122 valence electrons. The van der Waals surface area contributed by atoms with Crippen LogP contribution in [-0.4, -0.2) is 30.0 Å². The van der Waals surface area contributed by atoms with Gasteiger partial charge in [0.1, 0.15) is 22.5 Å². The molecule has 6 nitrogen and oxygen atoms in total. The number of hydrogen-bond donors (Lipinski definition) is 2. The van der Waals surface area contributed by atoms with E-state index in [9.17, 15) is 9.59 Å². The van der Waals surface area contributed by atoms with Gasteiger partial charge in [-0.3, -0.25) is 4.79 Å². The molecule has 1 aliphatic heterocycles. The highest BCUT2D eigenvalue weighted by atomic mass is 32.1. The van der Waals surface area contributed by atoms with Crippen molar-refractivity contribution in [1.82, 2.24) is 0 Å². The molecule has 0 bridgehead atoms. The second-order valence-electron chi connectivity index (χ2n) is 6.36. The van der Waals surface area contributed by atoms with Gasteiger partial charge in [0.25, 0.3) is 0 Å². The molecule has 7 heteroatoms. The lowest BCUT2D eigenvalue weighted by atomic mass is 9.97. The molecule has 2 heterocycles. The fourth-order valence-electron chi connectivity index (χ4n) is 2.38. The number of Topliss-reactive ketones (excluding diaryl/α,β-unsaturated/α-hetero) is 1. The van der Waals surface area contributed by atoms with Gasteiger partial charge in [-0.1, -0.05) is 0 Å². The van der Waals surface area contributed by atoms with E-state index in [1.165, 1.54) is 18.3 Å². The molecule has 0 saturated heterocycles. The number of nitrogens with two attached hydrogens (primary N) is 2. The van der Waals surface area contributed by atoms with Gasteiger partial charge in [0.2, 0.25) is 0 Å².